The number of hydrogen-bond donors (Lipinski definition) is 0. The molecule has 1 heteroatoms. The van der Waals surface area contributed by atoms with Gasteiger partial charge in [0.2, 0.25) is 0 Å². The van der Waals surface area contributed by atoms with E-state index in [2.05, 4.69) is 89.3 Å². The highest BCUT2D eigenvalue weighted by molar-refractivity contribution is 6.81. The van der Waals surface area contributed by atoms with Crippen molar-refractivity contribution in [2.45, 2.75) is 64.7 Å². The first-order valence-corrected chi connectivity index (χ1v) is 13.7. The van der Waals surface area contributed by atoms with Gasteiger partial charge in [-0.25, -0.2) is 0 Å². The first-order valence-electron chi connectivity index (χ1n) is 10.5. The van der Waals surface area contributed by atoms with Crippen LogP contribution in [0.3, 0.4) is 0 Å². The van der Waals surface area contributed by atoms with Crippen LogP contribution in [-0.4, -0.2) is 8.07 Å². The highest BCUT2D eigenvalue weighted by Crippen LogP contribution is 2.52. The molecule has 2 aromatic carbocycles. The monoisotopic (exact) mass is 372 g/mol. The van der Waals surface area contributed by atoms with E-state index < -0.39 is 8.07 Å². The number of fused-ring (bicyclic) bond motifs is 2. The molecule has 2 atom stereocenters. The van der Waals surface area contributed by atoms with Crippen LogP contribution in [0.1, 0.15) is 72.2 Å². The second kappa shape index (κ2) is 6.63. The molecule has 0 fully saturated rings. The predicted molar refractivity (Wildman–Crippen MR) is 122 cm³/mol. The van der Waals surface area contributed by atoms with Crippen molar-refractivity contribution in [3.63, 3.8) is 0 Å². The summed E-state index contributed by atoms with van der Waals surface area (Å²) >= 11 is 0. The Kier molecular flexibility index (Phi) is 4.54. The third kappa shape index (κ3) is 2.70. The Labute approximate surface area is 166 Å². The van der Waals surface area contributed by atoms with E-state index in [9.17, 15) is 0 Å². The average Bonchev–Trinajstić information content (AvgIpc) is 3.17. The maximum absolute atomic E-state index is 2.62. The lowest BCUT2D eigenvalue weighted by atomic mass is 10.0. The van der Waals surface area contributed by atoms with Crippen LogP contribution in [0, 0.1) is 0 Å². The summed E-state index contributed by atoms with van der Waals surface area (Å²) in [6, 6.07) is 14.0. The normalized spacial score (nSPS) is 21.0. The van der Waals surface area contributed by atoms with Gasteiger partial charge in [0.1, 0.15) is 0 Å². The molecule has 0 bridgehead atoms. The second-order valence-electron chi connectivity index (χ2n) is 9.01. The van der Waals surface area contributed by atoms with E-state index in [1.165, 1.54) is 22.3 Å². The van der Waals surface area contributed by atoms with Crippen molar-refractivity contribution >= 4 is 20.2 Å². The predicted octanol–water partition coefficient (Wildman–Crippen LogP) is 7.30. The number of rotatable bonds is 4. The van der Waals surface area contributed by atoms with E-state index in [4.69, 9.17) is 0 Å². The van der Waals surface area contributed by atoms with Gasteiger partial charge < -0.3 is 0 Å². The molecule has 0 nitrogen and oxygen atoms in total. The van der Waals surface area contributed by atoms with Crippen molar-refractivity contribution in [2.75, 3.05) is 0 Å². The molecule has 2 aliphatic rings. The van der Waals surface area contributed by atoms with Crippen LogP contribution in [0.2, 0.25) is 13.1 Å². The maximum Gasteiger partial charge on any atom is 0.0722 e. The van der Waals surface area contributed by atoms with Crippen molar-refractivity contribution < 1.29 is 0 Å². The van der Waals surface area contributed by atoms with Crippen LogP contribution >= 0.6 is 0 Å². The molecule has 0 aromatic heterocycles. The van der Waals surface area contributed by atoms with Gasteiger partial charge in [0.25, 0.3) is 0 Å². The van der Waals surface area contributed by atoms with Crippen LogP contribution in [0.25, 0.3) is 12.2 Å². The Bertz CT molecular complexity index is 881. The van der Waals surface area contributed by atoms with E-state index in [1.54, 1.807) is 22.3 Å². The third-order valence-corrected chi connectivity index (χ3v) is 11.5. The fraction of sp³-hybridized carbons (Fsp3) is 0.385. The van der Waals surface area contributed by atoms with Gasteiger partial charge in [-0.1, -0.05) is 86.6 Å². The summed E-state index contributed by atoms with van der Waals surface area (Å²) in [7, 11) is -1.67. The SMILES string of the molecule is CCc1cccc2c1C=C(C)C2[Si](C)(C)C1C(C)=Cc2c(CC)cccc21. The second-order valence-corrected chi connectivity index (χ2v) is 13.8. The Hall–Kier alpha value is -1.86. The lowest BCUT2D eigenvalue weighted by Gasteiger charge is -2.39. The highest BCUT2D eigenvalue weighted by atomic mass is 28.3. The first kappa shape index (κ1) is 18.5. The minimum absolute atomic E-state index is 0.614. The molecule has 27 heavy (non-hydrogen) atoms. The average molecular weight is 373 g/mol. The third-order valence-electron chi connectivity index (χ3n) is 6.99. The fourth-order valence-electron chi connectivity index (χ4n) is 5.99. The molecular weight excluding hydrogens is 340 g/mol. The van der Waals surface area contributed by atoms with E-state index in [0.29, 0.717) is 11.1 Å². The van der Waals surface area contributed by atoms with E-state index in [-0.39, 0.29) is 0 Å². The summed E-state index contributed by atoms with van der Waals surface area (Å²) in [5.74, 6) is 0. The van der Waals surface area contributed by atoms with Crippen LogP contribution < -0.4 is 0 Å². The quantitative estimate of drug-likeness (QED) is 0.494. The fourth-order valence-corrected chi connectivity index (χ4v) is 10.9. The van der Waals surface area contributed by atoms with Crippen LogP contribution in [-0.2, 0) is 12.8 Å². The van der Waals surface area contributed by atoms with Gasteiger partial charge >= 0.3 is 0 Å². The molecular formula is C26H32Si. The Morgan fingerprint density at radius 2 is 1.11 bits per heavy atom. The van der Waals surface area contributed by atoms with Gasteiger partial charge in [0.05, 0.1) is 8.07 Å². The minimum atomic E-state index is -1.67. The molecule has 0 heterocycles. The number of allylic oxidation sites excluding steroid dienone is 2. The molecule has 0 amide bonds. The molecule has 0 spiro atoms. The molecule has 0 N–H and O–H groups in total. The van der Waals surface area contributed by atoms with Crippen LogP contribution in [0.4, 0.5) is 0 Å². The van der Waals surface area contributed by atoms with Gasteiger partial charge in [0.15, 0.2) is 0 Å². The zero-order valence-electron chi connectivity index (χ0n) is 17.7. The zero-order chi connectivity index (χ0) is 19.3. The molecule has 0 saturated heterocycles. The van der Waals surface area contributed by atoms with E-state index in [1.807, 2.05) is 0 Å². The molecule has 140 valence electrons. The summed E-state index contributed by atoms with van der Waals surface area (Å²) < 4.78 is 0. The smallest absolute Gasteiger partial charge is 0.0679 e. The Morgan fingerprint density at radius 1 is 0.704 bits per heavy atom. The minimum Gasteiger partial charge on any atom is -0.0679 e. The van der Waals surface area contributed by atoms with Crippen molar-refractivity contribution in [1.29, 1.82) is 0 Å². The lowest BCUT2D eigenvalue weighted by Crippen LogP contribution is -2.42. The highest BCUT2D eigenvalue weighted by Gasteiger charge is 2.46. The van der Waals surface area contributed by atoms with Crippen molar-refractivity contribution in [2.24, 2.45) is 0 Å². The molecule has 2 unspecified atom stereocenters. The number of aryl methyl sites for hydroxylation is 2. The maximum atomic E-state index is 2.62. The first-order chi connectivity index (χ1) is 12.9. The van der Waals surface area contributed by atoms with Gasteiger partial charge in [-0.15, -0.1) is 0 Å². The van der Waals surface area contributed by atoms with Gasteiger partial charge in [-0.05, 0) is 60.1 Å². The Balaban J connectivity index is 1.84. The summed E-state index contributed by atoms with van der Waals surface area (Å²) in [6.45, 7) is 14.5. The molecule has 4 rings (SSSR count). The molecule has 2 aliphatic carbocycles. The lowest BCUT2D eigenvalue weighted by molar-refractivity contribution is 0.962. The van der Waals surface area contributed by atoms with E-state index >= 15 is 0 Å². The molecule has 2 aromatic rings. The topological polar surface area (TPSA) is 0 Å². The van der Waals surface area contributed by atoms with Gasteiger partial charge in [-0.3, -0.25) is 0 Å². The number of hydrogen-bond acceptors (Lipinski definition) is 0. The van der Waals surface area contributed by atoms with Gasteiger partial charge in [0, 0.05) is 11.1 Å². The van der Waals surface area contributed by atoms with Crippen LogP contribution in [0.5, 0.6) is 0 Å². The summed E-state index contributed by atoms with van der Waals surface area (Å²) in [4.78, 5) is 0. The van der Waals surface area contributed by atoms with Crippen molar-refractivity contribution in [3.8, 4) is 0 Å². The van der Waals surface area contributed by atoms with Crippen molar-refractivity contribution in [3.05, 3.63) is 80.9 Å². The van der Waals surface area contributed by atoms with Crippen LogP contribution in [0.15, 0.2) is 47.5 Å². The zero-order valence-corrected chi connectivity index (χ0v) is 18.7. The molecule has 0 saturated carbocycles. The van der Waals surface area contributed by atoms with E-state index in [0.717, 1.165) is 12.8 Å². The largest absolute Gasteiger partial charge is 0.0722 e. The summed E-state index contributed by atoms with van der Waals surface area (Å²) in [5, 5.41) is 0. The standard InChI is InChI=1S/C26H32Si/c1-7-19-11-9-13-21-23(19)15-17(3)25(21)27(5,6)26-18(4)16-24-20(8-2)12-10-14-22(24)26/h9-16,25-26H,7-8H2,1-6H3. The van der Waals surface area contributed by atoms with Crippen molar-refractivity contribution in [1.82, 2.24) is 0 Å². The Morgan fingerprint density at radius 3 is 1.48 bits per heavy atom. The number of benzene rings is 2. The van der Waals surface area contributed by atoms with Gasteiger partial charge in [-0.2, -0.15) is 0 Å². The molecule has 0 radical (unpaired) electrons. The molecule has 0 aliphatic heterocycles. The summed E-state index contributed by atoms with van der Waals surface area (Å²) in [6.07, 6.45) is 7.22. The summed E-state index contributed by atoms with van der Waals surface area (Å²) in [5.41, 5.74) is 13.6.